The van der Waals surface area contributed by atoms with Crippen molar-refractivity contribution in [3.63, 3.8) is 0 Å². The Kier molecular flexibility index (Phi) is 15.2. The van der Waals surface area contributed by atoms with Crippen molar-refractivity contribution < 1.29 is 49.5 Å². The van der Waals surface area contributed by atoms with E-state index in [-0.39, 0.29) is 52.0 Å². The first-order valence-corrected chi connectivity index (χ1v) is 7.75. The van der Waals surface area contributed by atoms with Crippen LogP contribution >= 0.6 is 0 Å². The van der Waals surface area contributed by atoms with Gasteiger partial charge < -0.3 is 25.5 Å². The van der Waals surface area contributed by atoms with E-state index < -0.39 is 62.6 Å². The molecule has 157 valence electrons. The predicted octanol–water partition coefficient (Wildman–Crippen LogP) is -3.07. The Morgan fingerprint density at radius 3 is 0.821 bits per heavy atom. The number of hydrogen-bond donors (Lipinski definition) is 5. The van der Waals surface area contributed by atoms with Gasteiger partial charge in [0.05, 0.1) is 32.7 Å². The molecule has 5 N–H and O–H groups in total. The molecule has 0 aromatic heterocycles. The van der Waals surface area contributed by atoms with Gasteiger partial charge in [-0.1, -0.05) is 0 Å². The maximum absolute atomic E-state index is 11.0. The monoisotopic (exact) mass is 508 g/mol. The van der Waals surface area contributed by atoms with Gasteiger partial charge in [0, 0.05) is 52.0 Å². The molecule has 0 aliphatic rings. The second-order valence-electron chi connectivity index (χ2n) is 5.67. The van der Waals surface area contributed by atoms with Gasteiger partial charge in [-0.3, -0.25) is 38.7 Å². The van der Waals surface area contributed by atoms with Crippen LogP contribution in [-0.4, -0.2) is 155 Å². The number of rotatable bonds is 16. The van der Waals surface area contributed by atoms with E-state index >= 15 is 0 Å². The van der Waals surface area contributed by atoms with Crippen molar-refractivity contribution in [2.24, 2.45) is 0 Å². The zero-order chi connectivity index (χ0) is 21.0. The normalized spacial score (nSPS) is 10.7. The third-order valence-electron chi connectivity index (χ3n) is 3.26. The summed E-state index contributed by atoms with van der Waals surface area (Å²) in [5, 5.41) is 44.1. The number of carboxylic acids is 5. The SMILES string of the molecule is O=C(O)CN(CCN(CC(=O)O)CC(=O)O)CCN(CC(=O)O)CC(=O)O.[In]. The van der Waals surface area contributed by atoms with E-state index in [2.05, 4.69) is 0 Å². The molecular weight excluding hydrogens is 485 g/mol. The van der Waals surface area contributed by atoms with Crippen LogP contribution in [0.25, 0.3) is 0 Å². The van der Waals surface area contributed by atoms with Crippen molar-refractivity contribution in [2.45, 2.75) is 0 Å². The molecule has 0 atom stereocenters. The Hall–Kier alpha value is -1.90. The first-order valence-electron chi connectivity index (χ1n) is 7.75. The van der Waals surface area contributed by atoms with Crippen LogP contribution in [0.15, 0.2) is 0 Å². The minimum Gasteiger partial charge on any atom is -0.480 e. The number of carboxylic acid groups (broad SMARTS) is 5. The topological polar surface area (TPSA) is 196 Å². The Bertz CT molecular complexity index is 487. The molecule has 3 radical (unpaired) electrons. The molecule has 14 heteroatoms. The van der Waals surface area contributed by atoms with Gasteiger partial charge in [0.2, 0.25) is 0 Å². The van der Waals surface area contributed by atoms with Crippen LogP contribution in [0.3, 0.4) is 0 Å². The van der Waals surface area contributed by atoms with Crippen molar-refractivity contribution in [1.29, 1.82) is 0 Å². The number of nitrogens with zero attached hydrogens (tertiary/aromatic N) is 3. The number of hydrogen-bond acceptors (Lipinski definition) is 8. The van der Waals surface area contributed by atoms with Crippen LogP contribution < -0.4 is 0 Å². The van der Waals surface area contributed by atoms with Gasteiger partial charge in [-0.25, -0.2) is 0 Å². The summed E-state index contributed by atoms with van der Waals surface area (Å²) in [4.78, 5) is 57.6. The maximum Gasteiger partial charge on any atom is 0.317 e. The Labute approximate surface area is 178 Å². The maximum atomic E-state index is 11.0. The summed E-state index contributed by atoms with van der Waals surface area (Å²) in [5.74, 6) is -6.16. The van der Waals surface area contributed by atoms with Crippen LogP contribution in [0.4, 0.5) is 0 Å². The van der Waals surface area contributed by atoms with Crippen molar-refractivity contribution in [3.05, 3.63) is 0 Å². The second-order valence-corrected chi connectivity index (χ2v) is 5.67. The molecule has 0 unspecified atom stereocenters. The number of aliphatic carboxylic acids is 5. The molecule has 0 amide bonds. The molecule has 28 heavy (non-hydrogen) atoms. The zero-order valence-corrected chi connectivity index (χ0v) is 18.4. The molecule has 0 saturated heterocycles. The average Bonchev–Trinajstić information content (AvgIpc) is 2.46. The van der Waals surface area contributed by atoms with Crippen LogP contribution in [0.1, 0.15) is 0 Å². The van der Waals surface area contributed by atoms with Gasteiger partial charge in [-0.2, -0.15) is 0 Å². The third kappa shape index (κ3) is 16.3. The summed E-state index contributed by atoms with van der Waals surface area (Å²) in [5.41, 5.74) is 0. The molecule has 0 rings (SSSR count). The molecule has 0 saturated carbocycles. The molecular formula is C14H23InN3O10. The van der Waals surface area contributed by atoms with E-state index in [9.17, 15) is 24.0 Å². The van der Waals surface area contributed by atoms with Crippen molar-refractivity contribution in [2.75, 3.05) is 58.9 Å². The molecule has 0 bridgehead atoms. The van der Waals surface area contributed by atoms with E-state index in [0.29, 0.717) is 0 Å². The molecule has 0 spiro atoms. The fourth-order valence-electron chi connectivity index (χ4n) is 2.22. The molecule has 0 fully saturated rings. The summed E-state index contributed by atoms with van der Waals surface area (Å²) >= 11 is 0. The smallest absolute Gasteiger partial charge is 0.317 e. The standard InChI is InChI=1S/C14H23N3O10.In/c18-10(19)5-15(1-3-16(6-11(20)21)7-12(22)23)2-4-17(8-13(24)25)9-14(26)27;/h1-9H2,(H,18,19)(H,20,21)(H,22,23)(H,24,25)(H,26,27);. The number of carbonyl (C=O) groups is 5. The van der Waals surface area contributed by atoms with Crippen molar-refractivity contribution >= 4 is 55.7 Å². The van der Waals surface area contributed by atoms with Gasteiger partial charge in [0.1, 0.15) is 0 Å². The molecule has 0 aliphatic heterocycles. The minimum absolute atomic E-state index is 0. The van der Waals surface area contributed by atoms with Gasteiger partial charge in [-0.15, -0.1) is 0 Å². The van der Waals surface area contributed by atoms with E-state index in [4.69, 9.17) is 25.5 Å². The second kappa shape index (κ2) is 15.1. The first-order chi connectivity index (χ1) is 12.5. The summed E-state index contributed by atoms with van der Waals surface area (Å²) in [6.07, 6.45) is 0. The molecule has 0 aromatic carbocycles. The van der Waals surface area contributed by atoms with E-state index in [0.717, 1.165) is 9.80 Å². The fourth-order valence-corrected chi connectivity index (χ4v) is 2.22. The minimum atomic E-state index is -1.24. The quantitative estimate of drug-likeness (QED) is 0.141. The van der Waals surface area contributed by atoms with Crippen LogP contribution in [-0.2, 0) is 24.0 Å². The van der Waals surface area contributed by atoms with Crippen molar-refractivity contribution in [3.8, 4) is 0 Å². The predicted molar refractivity (Wildman–Crippen MR) is 93.3 cm³/mol. The fraction of sp³-hybridized carbons (Fsp3) is 0.643. The van der Waals surface area contributed by atoms with Crippen LogP contribution in [0.5, 0.6) is 0 Å². The third-order valence-corrected chi connectivity index (χ3v) is 3.26. The Morgan fingerprint density at radius 1 is 0.429 bits per heavy atom. The first kappa shape index (κ1) is 28.3. The Balaban J connectivity index is 0. The zero-order valence-electron chi connectivity index (χ0n) is 15.1. The van der Waals surface area contributed by atoms with Gasteiger partial charge in [0.15, 0.2) is 0 Å². The summed E-state index contributed by atoms with van der Waals surface area (Å²) in [6.45, 7) is -2.74. The van der Waals surface area contributed by atoms with E-state index in [1.54, 1.807) is 0 Å². The molecule has 13 nitrogen and oxygen atoms in total. The van der Waals surface area contributed by atoms with E-state index in [1.807, 2.05) is 0 Å². The average molecular weight is 508 g/mol. The van der Waals surface area contributed by atoms with Gasteiger partial charge in [0.25, 0.3) is 0 Å². The van der Waals surface area contributed by atoms with Gasteiger partial charge in [-0.05, 0) is 0 Å². The van der Waals surface area contributed by atoms with Crippen LogP contribution in [0, 0.1) is 0 Å². The molecule has 0 aliphatic carbocycles. The van der Waals surface area contributed by atoms with Crippen molar-refractivity contribution in [1.82, 2.24) is 14.7 Å². The molecule has 0 aromatic rings. The molecule has 0 heterocycles. The summed E-state index contributed by atoms with van der Waals surface area (Å²) in [7, 11) is 0. The Morgan fingerprint density at radius 2 is 0.607 bits per heavy atom. The largest absolute Gasteiger partial charge is 0.480 e. The summed E-state index contributed by atoms with van der Waals surface area (Å²) in [6, 6.07) is 0. The van der Waals surface area contributed by atoms with Gasteiger partial charge >= 0.3 is 29.8 Å². The summed E-state index contributed by atoms with van der Waals surface area (Å²) < 4.78 is 0. The van der Waals surface area contributed by atoms with Crippen LogP contribution in [0.2, 0.25) is 0 Å². The van der Waals surface area contributed by atoms with E-state index in [1.165, 1.54) is 4.90 Å².